The molecule has 0 bridgehead atoms. The Labute approximate surface area is 122 Å². The average molecular weight is 299 g/mol. The molecule has 0 saturated heterocycles. The summed E-state index contributed by atoms with van der Waals surface area (Å²) in [7, 11) is 3.78. The Kier molecular flexibility index (Phi) is 3.78. The summed E-state index contributed by atoms with van der Waals surface area (Å²) in [5.41, 5.74) is 1.29. The van der Waals surface area contributed by atoms with Crippen LogP contribution in [0.15, 0.2) is 18.3 Å². The summed E-state index contributed by atoms with van der Waals surface area (Å²) >= 11 is 0. The van der Waals surface area contributed by atoms with Crippen LogP contribution in [-0.2, 0) is 18.1 Å². The van der Waals surface area contributed by atoms with Gasteiger partial charge in [0.25, 0.3) is 0 Å². The van der Waals surface area contributed by atoms with E-state index in [9.17, 15) is 13.2 Å². The van der Waals surface area contributed by atoms with Gasteiger partial charge in [-0.1, -0.05) is 20.8 Å². The number of aromatic nitrogens is 2. The molecule has 2 aromatic heterocycles. The molecule has 2 aromatic rings. The van der Waals surface area contributed by atoms with Crippen molar-refractivity contribution in [1.29, 1.82) is 0 Å². The minimum absolute atomic E-state index is 0.226. The summed E-state index contributed by atoms with van der Waals surface area (Å²) in [5.74, 6) is 0. The maximum absolute atomic E-state index is 12.9. The molecular formula is C15H20F3N3. The van der Waals surface area contributed by atoms with Crippen LogP contribution in [0.3, 0.4) is 0 Å². The van der Waals surface area contributed by atoms with E-state index in [2.05, 4.69) is 4.98 Å². The van der Waals surface area contributed by atoms with Gasteiger partial charge in [-0.2, -0.15) is 13.2 Å². The van der Waals surface area contributed by atoms with Gasteiger partial charge in [0.15, 0.2) is 0 Å². The van der Waals surface area contributed by atoms with Crippen molar-refractivity contribution in [1.82, 2.24) is 14.3 Å². The summed E-state index contributed by atoms with van der Waals surface area (Å²) in [6.07, 6.45) is -3.22. The monoisotopic (exact) mass is 299 g/mol. The second-order valence-corrected chi connectivity index (χ2v) is 6.54. The van der Waals surface area contributed by atoms with Crippen molar-refractivity contribution in [2.45, 2.75) is 38.9 Å². The van der Waals surface area contributed by atoms with Crippen molar-refractivity contribution in [3.63, 3.8) is 0 Å². The number of fused-ring (bicyclic) bond motifs is 1. The van der Waals surface area contributed by atoms with E-state index in [1.807, 2.05) is 39.8 Å². The zero-order valence-electron chi connectivity index (χ0n) is 12.9. The largest absolute Gasteiger partial charge is 0.417 e. The first-order chi connectivity index (χ1) is 9.50. The first-order valence-corrected chi connectivity index (χ1v) is 6.73. The summed E-state index contributed by atoms with van der Waals surface area (Å²) in [6.45, 7) is 6.57. The highest BCUT2D eigenvalue weighted by molar-refractivity contribution is 5.46. The molecule has 3 nitrogen and oxygen atoms in total. The number of imidazole rings is 1. The van der Waals surface area contributed by atoms with E-state index >= 15 is 0 Å². The Bertz CT molecular complexity index is 648. The lowest BCUT2D eigenvalue weighted by molar-refractivity contribution is -0.137. The zero-order chi connectivity index (χ0) is 16.0. The predicted molar refractivity (Wildman–Crippen MR) is 76.3 cm³/mol. The van der Waals surface area contributed by atoms with E-state index in [-0.39, 0.29) is 5.41 Å². The molecule has 0 aliphatic rings. The highest BCUT2D eigenvalue weighted by Gasteiger charge is 2.32. The van der Waals surface area contributed by atoms with Crippen molar-refractivity contribution < 1.29 is 13.2 Å². The van der Waals surface area contributed by atoms with Crippen molar-refractivity contribution in [3.8, 4) is 0 Å². The lowest BCUT2D eigenvalue weighted by Crippen LogP contribution is -2.20. The first-order valence-electron chi connectivity index (χ1n) is 6.73. The fraction of sp³-hybridized carbons (Fsp3) is 0.533. The number of rotatable bonds is 2. The SMILES string of the molecule is CN(C)Cc1c(C(C)(C)C)nc2ccc(C(F)(F)F)cn12. The summed E-state index contributed by atoms with van der Waals surface area (Å²) in [5, 5.41) is 0. The number of alkyl halides is 3. The Hall–Kier alpha value is -1.56. The topological polar surface area (TPSA) is 20.5 Å². The van der Waals surface area contributed by atoms with E-state index in [0.717, 1.165) is 23.7 Å². The molecule has 116 valence electrons. The Morgan fingerprint density at radius 1 is 1.14 bits per heavy atom. The van der Waals surface area contributed by atoms with Gasteiger partial charge in [-0.05, 0) is 26.2 Å². The van der Waals surface area contributed by atoms with Crippen LogP contribution in [0.1, 0.15) is 37.7 Å². The van der Waals surface area contributed by atoms with Gasteiger partial charge >= 0.3 is 6.18 Å². The third-order valence-electron chi connectivity index (χ3n) is 3.22. The van der Waals surface area contributed by atoms with Crippen molar-refractivity contribution in [3.05, 3.63) is 35.3 Å². The third kappa shape index (κ3) is 3.20. The minimum Gasteiger partial charge on any atom is -0.304 e. The molecule has 0 aromatic carbocycles. The fourth-order valence-electron chi connectivity index (χ4n) is 2.31. The van der Waals surface area contributed by atoms with E-state index in [4.69, 9.17) is 0 Å². The molecule has 2 rings (SSSR count). The van der Waals surface area contributed by atoms with Gasteiger partial charge < -0.3 is 9.30 Å². The Morgan fingerprint density at radius 3 is 2.24 bits per heavy atom. The smallest absolute Gasteiger partial charge is 0.304 e. The fourth-order valence-corrected chi connectivity index (χ4v) is 2.31. The van der Waals surface area contributed by atoms with E-state index in [1.54, 1.807) is 4.40 Å². The molecule has 0 N–H and O–H groups in total. The van der Waals surface area contributed by atoms with Crippen LogP contribution in [0.5, 0.6) is 0 Å². The molecule has 0 aliphatic heterocycles. The van der Waals surface area contributed by atoms with Crippen LogP contribution in [-0.4, -0.2) is 28.4 Å². The molecule has 0 atom stereocenters. The molecule has 6 heteroatoms. The van der Waals surface area contributed by atoms with Crippen LogP contribution in [0, 0.1) is 0 Å². The Morgan fingerprint density at radius 2 is 1.76 bits per heavy atom. The molecule has 21 heavy (non-hydrogen) atoms. The quantitative estimate of drug-likeness (QED) is 0.842. The van der Waals surface area contributed by atoms with E-state index < -0.39 is 11.7 Å². The molecule has 0 amide bonds. The van der Waals surface area contributed by atoms with Crippen molar-refractivity contribution >= 4 is 5.65 Å². The molecule has 0 saturated carbocycles. The molecular weight excluding hydrogens is 279 g/mol. The van der Waals surface area contributed by atoms with Crippen LogP contribution in [0.25, 0.3) is 5.65 Å². The van der Waals surface area contributed by atoms with Crippen molar-refractivity contribution in [2.75, 3.05) is 14.1 Å². The predicted octanol–water partition coefficient (Wildman–Crippen LogP) is 3.71. The average Bonchev–Trinajstić information content (AvgIpc) is 2.65. The minimum atomic E-state index is -4.35. The van der Waals surface area contributed by atoms with Gasteiger partial charge in [-0.15, -0.1) is 0 Å². The normalized spacial score (nSPS) is 13.4. The maximum Gasteiger partial charge on any atom is 0.417 e. The summed E-state index contributed by atoms with van der Waals surface area (Å²) in [4.78, 5) is 6.46. The number of halogens is 3. The number of hydrogen-bond donors (Lipinski definition) is 0. The molecule has 2 heterocycles. The highest BCUT2D eigenvalue weighted by atomic mass is 19.4. The maximum atomic E-state index is 12.9. The molecule has 0 aliphatic carbocycles. The van der Waals surface area contributed by atoms with Crippen molar-refractivity contribution in [2.24, 2.45) is 0 Å². The van der Waals surface area contributed by atoms with Gasteiger partial charge in [-0.3, -0.25) is 0 Å². The first kappa shape index (κ1) is 15.8. The van der Waals surface area contributed by atoms with Gasteiger partial charge in [-0.25, -0.2) is 4.98 Å². The number of nitrogens with zero attached hydrogens (tertiary/aromatic N) is 3. The highest BCUT2D eigenvalue weighted by Crippen LogP contribution is 2.32. The summed E-state index contributed by atoms with van der Waals surface area (Å²) < 4.78 is 40.3. The second-order valence-electron chi connectivity index (χ2n) is 6.54. The van der Waals surface area contributed by atoms with E-state index in [1.165, 1.54) is 6.07 Å². The van der Waals surface area contributed by atoms with Gasteiger partial charge in [0, 0.05) is 18.2 Å². The van der Waals surface area contributed by atoms with Gasteiger partial charge in [0.1, 0.15) is 5.65 Å². The molecule has 0 unspecified atom stereocenters. The van der Waals surface area contributed by atoms with Crippen LogP contribution >= 0.6 is 0 Å². The molecule has 0 radical (unpaired) electrons. The summed E-state index contributed by atoms with van der Waals surface area (Å²) in [6, 6.07) is 2.51. The standard InChI is InChI=1S/C15H20F3N3/c1-14(2,3)13-11(9-20(4)5)21-8-10(15(16,17)18)6-7-12(21)19-13/h6-8H,9H2,1-5H3. The van der Waals surface area contributed by atoms with E-state index in [0.29, 0.717) is 12.2 Å². The lowest BCUT2D eigenvalue weighted by atomic mass is 9.90. The van der Waals surface area contributed by atoms with Gasteiger partial charge in [0.2, 0.25) is 0 Å². The lowest BCUT2D eigenvalue weighted by Gasteiger charge is -2.20. The number of hydrogen-bond acceptors (Lipinski definition) is 2. The van der Waals surface area contributed by atoms with Crippen LogP contribution in [0.2, 0.25) is 0 Å². The third-order valence-corrected chi connectivity index (χ3v) is 3.22. The van der Waals surface area contributed by atoms with Crippen LogP contribution in [0.4, 0.5) is 13.2 Å². The zero-order valence-corrected chi connectivity index (χ0v) is 12.9. The van der Waals surface area contributed by atoms with Gasteiger partial charge in [0.05, 0.1) is 17.0 Å². The van der Waals surface area contributed by atoms with Crippen LogP contribution < -0.4 is 0 Å². The number of pyridine rings is 1. The Balaban J connectivity index is 2.71. The second kappa shape index (κ2) is 5.02. The molecule has 0 spiro atoms. The molecule has 0 fully saturated rings.